The zero-order valence-corrected chi connectivity index (χ0v) is 7.04. The van der Waals surface area contributed by atoms with Crippen LogP contribution in [0.4, 0.5) is 0 Å². The summed E-state index contributed by atoms with van der Waals surface area (Å²) in [5, 5.41) is 0.340. The highest BCUT2D eigenvalue weighted by Gasteiger charge is 2.12. The second kappa shape index (κ2) is 5.12. The molecule has 0 N–H and O–H groups in total. The van der Waals surface area contributed by atoms with Crippen molar-refractivity contribution in [2.45, 2.75) is 31.9 Å². The predicted octanol–water partition coefficient (Wildman–Crippen LogP) is 1.76. The minimum Gasteiger partial charge on any atom is -0.616 e. The molecule has 1 radical (unpaired) electrons. The van der Waals surface area contributed by atoms with Crippen molar-refractivity contribution < 1.29 is 4.55 Å². The normalized spacial score (nSPS) is 17.3. The van der Waals surface area contributed by atoms with E-state index in [1.54, 1.807) is 0 Å². The van der Waals surface area contributed by atoms with Crippen LogP contribution in [0.3, 0.4) is 0 Å². The molecule has 55 valence electrons. The minimum atomic E-state index is -0.683. The van der Waals surface area contributed by atoms with Gasteiger partial charge in [-0.1, -0.05) is 24.5 Å². The Morgan fingerprint density at radius 1 is 1.67 bits per heavy atom. The van der Waals surface area contributed by atoms with Crippen molar-refractivity contribution in [1.82, 2.24) is 0 Å². The second-order valence-corrected chi connectivity index (χ2v) is 4.16. The van der Waals surface area contributed by atoms with E-state index in [4.69, 9.17) is 0 Å². The Balaban J connectivity index is 3.32. The summed E-state index contributed by atoms with van der Waals surface area (Å²) in [4.78, 5) is 0. The standard InChI is InChI=1S/C7H15OS/c1-4-6-7(3)9(8)5-2/h7H,2,4-6H2,1,3H3. The van der Waals surface area contributed by atoms with Crippen LogP contribution in [0.5, 0.6) is 0 Å². The highest BCUT2D eigenvalue weighted by Crippen LogP contribution is 2.07. The lowest BCUT2D eigenvalue weighted by molar-refractivity contribution is 0.578. The molecule has 0 fully saturated rings. The van der Waals surface area contributed by atoms with Gasteiger partial charge in [0.2, 0.25) is 0 Å². The van der Waals surface area contributed by atoms with E-state index in [1.165, 1.54) is 0 Å². The van der Waals surface area contributed by atoms with E-state index >= 15 is 0 Å². The molecule has 0 rings (SSSR count). The first kappa shape index (κ1) is 9.31. The zero-order chi connectivity index (χ0) is 7.28. The van der Waals surface area contributed by atoms with E-state index in [2.05, 4.69) is 13.8 Å². The first-order valence-electron chi connectivity index (χ1n) is 3.38. The highest BCUT2D eigenvalue weighted by atomic mass is 32.2. The monoisotopic (exact) mass is 147 g/mol. The van der Waals surface area contributed by atoms with Gasteiger partial charge in [-0.2, -0.15) is 0 Å². The summed E-state index contributed by atoms with van der Waals surface area (Å²) in [6.07, 6.45) is 2.18. The molecule has 0 spiro atoms. The van der Waals surface area contributed by atoms with Crippen LogP contribution in [0, 0.1) is 6.92 Å². The summed E-state index contributed by atoms with van der Waals surface area (Å²) in [5.41, 5.74) is 0. The van der Waals surface area contributed by atoms with Gasteiger partial charge in [0.05, 0.1) is 0 Å². The molecule has 0 aliphatic carbocycles. The van der Waals surface area contributed by atoms with E-state index in [9.17, 15) is 4.55 Å². The number of rotatable bonds is 4. The molecular weight excluding hydrogens is 132 g/mol. The summed E-state index contributed by atoms with van der Waals surface area (Å²) in [5.74, 6) is 0.557. The van der Waals surface area contributed by atoms with Crippen LogP contribution in [-0.2, 0) is 11.2 Å². The maximum absolute atomic E-state index is 11.0. The van der Waals surface area contributed by atoms with Crippen LogP contribution in [0.2, 0.25) is 0 Å². The molecule has 1 nitrogen and oxygen atoms in total. The molecule has 0 aromatic heterocycles. The number of hydrogen-bond acceptors (Lipinski definition) is 1. The van der Waals surface area contributed by atoms with Gasteiger partial charge in [-0.25, -0.2) is 0 Å². The Kier molecular flexibility index (Phi) is 5.30. The van der Waals surface area contributed by atoms with Gasteiger partial charge in [-0.05, 0) is 20.3 Å². The Bertz CT molecular complexity index is 65.9. The van der Waals surface area contributed by atoms with Crippen LogP contribution in [0.15, 0.2) is 0 Å². The van der Waals surface area contributed by atoms with E-state index in [-0.39, 0.29) is 0 Å². The molecule has 0 saturated heterocycles. The molecular formula is C7H15OS. The molecule has 9 heavy (non-hydrogen) atoms. The van der Waals surface area contributed by atoms with E-state index in [1.807, 2.05) is 6.92 Å². The molecule has 0 heterocycles. The van der Waals surface area contributed by atoms with Crippen LogP contribution < -0.4 is 0 Å². The van der Waals surface area contributed by atoms with Gasteiger partial charge in [-0.15, -0.1) is 0 Å². The van der Waals surface area contributed by atoms with Gasteiger partial charge < -0.3 is 4.55 Å². The maximum atomic E-state index is 11.0. The van der Waals surface area contributed by atoms with Crippen LogP contribution >= 0.6 is 0 Å². The van der Waals surface area contributed by atoms with Gasteiger partial charge in [0.1, 0.15) is 11.0 Å². The number of hydrogen-bond donors (Lipinski definition) is 0. The first-order valence-corrected chi connectivity index (χ1v) is 4.77. The van der Waals surface area contributed by atoms with Gasteiger partial charge in [0.25, 0.3) is 0 Å². The summed E-state index contributed by atoms with van der Waals surface area (Å²) >= 11 is -0.683. The molecule has 0 saturated carbocycles. The molecule has 0 aromatic carbocycles. The van der Waals surface area contributed by atoms with Gasteiger partial charge in [-0.3, -0.25) is 0 Å². The molecule has 2 heteroatoms. The molecule has 0 aliphatic heterocycles. The third-order valence-electron chi connectivity index (χ3n) is 1.35. The van der Waals surface area contributed by atoms with E-state index < -0.39 is 11.2 Å². The summed E-state index contributed by atoms with van der Waals surface area (Å²) in [6, 6.07) is 0. The second-order valence-electron chi connectivity index (χ2n) is 2.18. The SMILES string of the molecule is [CH2]C[S+]([O-])C(C)CCC. The Hall–Kier alpha value is 0.310. The van der Waals surface area contributed by atoms with Crippen molar-refractivity contribution in [2.24, 2.45) is 0 Å². The van der Waals surface area contributed by atoms with Crippen molar-refractivity contribution >= 4 is 11.2 Å². The Morgan fingerprint density at radius 3 is 2.56 bits per heavy atom. The summed E-state index contributed by atoms with van der Waals surface area (Å²) in [6.45, 7) is 7.72. The maximum Gasteiger partial charge on any atom is 0.112 e. The van der Waals surface area contributed by atoms with Crippen molar-refractivity contribution in [3.05, 3.63) is 6.92 Å². The smallest absolute Gasteiger partial charge is 0.112 e. The molecule has 0 bridgehead atoms. The summed E-state index contributed by atoms with van der Waals surface area (Å²) < 4.78 is 11.0. The fourth-order valence-corrected chi connectivity index (χ4v) is 1.64. The third kappa shape index (κ3) is 3.82. The minimum absolute atomic E-state index is 0.340. The van der Waals surface area contributed by atoms with E-state index in [0.717, 1.165) is 12.8 Å². The topological polar surface area (TPSA) is 23.1 Å². The van der Waals surface area contributed by atoms with Crippen molar-refractivity contribution in [2.75, 3.05) is 5.75 Å². The fourth-order valence-electron chi connectivity index (χ4n) is 0.739. The Labute approximate surface area is 61.0 Å². The predicted molar refractivity (Wildman–Crippen MR) is 42.7 cm³/mol. The lowest BCUT2D eigenvalue weighted by atomic mass is 10.3. The first-order chi connectivity index (χ1) is 4.22. The molecule has 2 atom stereocenters. The summed E-state index contributed by atoms with van der Waals surface area (Å²) in [7, 11) is 0. The quantitative estimate of drug-likeness (QED) is 0.556. The zero-order valence-electron chi connectivity index (χ0n) is 6.22. The van der Waals surface area contributed by atoms with Gasteiger partial charge in [0.15, 0.2) is 0 Å². The molecule has 2 unspecified atom stereocenters. The average molecular weight is 147 g/mol. The van der Waals surface area contributed by atoms with Gasteiger partial charge >= 0.3 is 0 Å². The fraction of sp³-hybridized carbons (Fsp3) is 0.857. The van der Waals surface area contributed by atoms with E-state index in [0.29, 0.717) is 11.0 Å². The van der Waals surface area contributed by atoms with Crippen LogP contribution in [-0.4, -0.2) is 15.6 Å². The molecule has 0 amide bonds. The van der Waals surface area contributed by atoms with Crippen LogP contribution in [0.1, 0.15) is 26.7 Å². The van der Waals surface area contributed by atoms with Crippen molar-refractivity contribution in [3.8, 4) is 0 Å². The van der Waals surface area contributed by atoms with Gasteiger partial charge in [0, 0.05) is 0 Å². The lowest BCUT2D eigenvalue weighted by Crippen LogP contribution is -2.19. The van der Waals surface area contributed by atoms with Crippen LogP contribution in [0.25, 0.3) is 0 Å². The molecule has 0 aliphatic rings. The molecule has 0 aromatic rings. The third-order valence-corrected chi connectivity index (χ3v) is 2.88. The Morgan fingerprint density at radius 2 is 2.22 bits per heavy atom. The highest BCUT2D eigenvalue weighted by molar-refractivity contribution is 7.92. The average Bonchev–Trinajstić information content (AvgIpc) is 1.87. The largest absolute Gasteiger partial charge is 0.616 e. The lowest BCUT2D eigenvalue weighted by Gasteiger charge is -2.15. The van der Waals surface area contributed by atoms with Crippen molar-refractivity contribution in [1.29, 1.82) is 0 Å². The van der Waals surface area contributed by atoms with Crippen molar-refractivity contribution in [3.63, 3.8) is 0 Å².